The van der Waals surface area contributed by atoms with E-state index in [0.29, 0.717) is 12.6 Å². The maximum Gasteiger partial charge on any atom is 0.0791 e. The summed E-state index contributed by atoms with van der Waals surface area (Å²) in [6, 6.07) is 0.398. The monoisotopic (exact) mass is 244 g/mol. The molecule has 0 aromatic carbocycles. The van der Waals surface area contributed by atoms with E-state index in [9.17, 15) is 5.11 Å². The van der Waals surface area contributed by atoms with Crippen LogP contribution in [0.2, 0.25) is 0 Å². The van der Waals surface area contributed by atoms with Crippen molar-refractivity contribution in [2.75, 3.05) is 46.0 Å². The van der Waals surface area contributed by atoms with E-state index in [1.165, 1.54) is 0 Å². The van der Waals surface area contributed by atoms with E-state index >= 15 is 0 Å². The van der Waals surface area contributed by atoms with Crippen LogP contribution >= 0.6 is 0 Å². The summed E-state index contributed by atoms with van der Waals surface area (Å²) in [4.78, 5) is 2.25. The molecular formula is C12H24N2O3. The number of rotatable bonds is 5. The van der Waals surface area contributed by atoms with Crippen LogP contribution in [0.3, 0.4) is 0 Å². The fraction of sp³-hybridized carbons (Fsp3) is 1.00. The molecule has 0 radical (unpaired) electrons. The standard InChI is InChI=1S/C12H24N2O3/c1-10-12(2-5-17-10)13-8-11(15)9-14-3-6-16-7-4-14/h10-13,15H,2-9H2,1H3. The molecule has 2 fully saturated rings. The first-order valence-corrected chi connectivity index (χ1v) is 6.59. The van der Waals surface area contributed by atoms with Gasteiger partial charge in [0.2, 0.25) is 0 Å². The minimum atomic E-state index is -0.305. The van der Waals surface area contributed by atoms with Gasteiger partial charge in [-0.3, -0.25) is 4.90 Å². The van der Waals surface area contributed by atoms with Crippen LogP contribution in [0.15, 0.2) is 0 Å². The molecule has 2 heterocycles. The molecule has 3 atom stereocenters. The van der Waals surface area contributed by atoms with Crippen molar-refractivity contribution < 1.29 is 14.6 Å². The van der Waals surface area contributed by atoms with Crippen LogP contribution in [0.5, 0.6) is 0 Å². The third kappa shape index (κ3) is 4.19. The summed E-state index contributed by atoms with van der Waals surface area (Å²) in [6.07, 6.45) is 1.01. The summed E-state index contributed by atoms with van der Waals surface area (Å²) < 4.78 is 10.8. The highest BCUT2D eigenvalue weighted by atomic mass is 16.5. The number of ether oxygens (including phenoxy) is 2. The molecule has 0 aliphatic carbocycles. The molecule has 0 aromatic heterocycles. The van der Waals surface area contributed by atoms with Gasteiger partial charge in [0, 0.05) is 38.8 Å². The SMILES string of the molecule is CC1OCCC1NCC(O)CN1CCOCC1. The van der Waals surface area contributed by atoms with Crippen LogP contribution in [-0.2, 0) is 9.47 Å². The predicted molar refractivity (Wildman–Crippen MR) is 65.1 cm³/mol. The van der Waals surface area contributed by atoms with Crippen LogP contribution in [0.1, 0.15) is 13.3 Å². The highest BCUT2D eigenvalue weighted by Crippen LogP contribution is 2.12. The quantitative estimate of drug-likeness (QED) is 0.679. The van der Waals surface area contributed by atoms with E-state index in [0.717, 1.165) is 45.9 Å². The molecule has 2 aliphatic rings. The maximum atomic E-state index is 9.96. The van der Waals surface area contributed by atoms with Gasteiger partial charge in [-0.1, -0.05) is 0 Å². The number of nitrogens with zero attached hydrogens (tertiary/aromatic N) is 1. The second kappa shape index (κ2) is 6.66. The Balaban J connectivity index is 1.61. The highest BCUT2D eigenvalue weighted by molar-refractivity contribution is 4.80. The number of hydrogen-bond donors (Lipinski definition) is 2. The van der Waals surface area contributed by atoms with Gasteiger partial charge >= 0.3 is 0 Å². The van der Waals surface area contributed by atoms with Gasteiger partial charge in [-0.15, -0.1) is 0 Å². The van der Waals surface area contributed by atoms with Crippen molar-refractivity contribution in [2.45, 2.75) is 31.6 Å². The number of β-amino-alcohol motifs (C(OH)–C–C–N with tert-alkyl or cyclic N) is 1. The van der Waals surface area contributed by atoms with E-state index in [2.05, 4.69) is 17.1 Å². The summed E-state index contributed by atoms with van der Waals surface area (Å²) in [5.41, 5.74) is 0. The van der Waals surface area contributed by atoms with Gasteiger partial charge in [0.05, 0.1) is 25.4 Å². The van der Waals surface area contributed by atoms with Gasteiger partial charge in [0.15, 0.2) is 0 Å². The van der Waals surface area contributed by atoms with Crippen LogP contribution in [-0.4, -0.2) is 74.3 Å². The lowest BCUT2D eigenvalue weighted by Gasteiger charge is -2.29. The second-order valence-electron chi connectivity index (χ2n) is 4.95. The number of hydrogen-bond acceptors (Lipinski definition) is 5. The van der Waals surface area contributed by atoms with Gasteiger partial charge in [-0.25, -0.2) is 0 Å². The smallest absolute Gasteiger partial charge is 0.0791 e. The molecule has 0 bridgehead atoms. The molecule has 100 valence electrons. The van der Waals surface area contributed by atoms with E-state index in [4.69, 9.17) is 9.47 Å². The molecule has 2 saturated heterocycles. The summed E-state index contributed by atoms with van der Waals surface area (Å²) in [7, 11) is 0. The Bertz CT molecular complexity index is 222. The summed E-state index contributed by atoms with van der Waals surface area (Å²) in [6.45, 7) is 7.73. The molecular weight excluding hydrogens is 220 g/mol. The maximum absolute atomic E-state index is 9.96. The fourth-order valence-corrected chi connectivity index (χ4v) is 2.43. The lowest BCUT2D eigenvalue weighted by molar-refractivity contribution is 0.0139. The summed E-state index contributed by atoms with van der Waals surface area (Å²) >= 11 is 0. The minimum absolute atomic E-state index is 0.269. The molecule has 5 heteroatoms. The number of aliphatic hydroxyl groups is 1. The molecule has 3 unspecified atom stereocenters. The molecule has 2 rings (SSSR count). The number of morpholine rings is 1. The Morgan fingerprint density at radius 3 is 2.76 bits per heavy atom. The Hall–Kier alpha value is -0.200. The fourth-order valence-electron chi connectivity index (χ4n) is 2.43. The summed E-state index contributed by atoms with van der Waals surface area (Å²) in [5, 5.41) is 13.4. The third-order valence-corrected chi connectivity index (χ3v) is 3.56. The summed E-state index contributed by atoms with van der Waals surface area (Å²) in [5.74, 6) is 0. The lowest BCUT2D eigenvalue weighted by atomic mass is 10.1. The Morgan fingerprint density at radius 2 is 2.12 bits per heavy atom. The molecule has 2 aliphatic heterocycles. The topological polar surface area (TPSA) is 54.0 Å². The van der Waals surface area contributed by atoms with E-state index in [1.807, 2.05) is 0 Å². The highest BCUT2D eigenvalue weighted by Gasteiger charge is 2.24. The zero-order valence-corrected chi connectivity index (χ0v) is 10.6. The first-order valence-electron chi connectivity index (χ1n) is 6.59. The van der Waals surface area contributed by atoms with Gasteiger partial charge in [-0.05, 0) is 13.3 Å². The van der Waals surface area contributed by atoms with E-state index < -0.39 is 0 Å². The van der Waals surface area contributed by atoms with Crippen molar-refractivity contribution >= 4 is 0 Å². The average molecular weight is 244 g/mol. The second-order valence-corrected chi connectivity index (χ2v) is 4.95. The first kappa shape index (κ1) is 13.2. The van der Waals surface area contributed by atoms with Crippen molar-refractivity contribution in [1.29, 1.82) is 0 Å². The van der Waals surface area contributed by atoms with Crippen LogP contribution in [0, 0.1) is 0 Å². The molecule has 17 heavy (non-hydrogen) atoms. The Kier molecular flexibility index (Phi) is 5.18. The van der Waals surface area contributed by atoms with Gasteiger partial charge in [0.1, 0.15) is 0 Å². The van der Waals surface area contributed by atoms with Crippen molar-refractivity contribution in [3.05, 3.63) is 0 Å². The minimum Gasteiger partial charge on any atom is -0.390 e. The third-order valence-electron chi connectivity index (χ3n) is 3.56. The van der Waals surface area contributed by atoms with Crippen LogP contribution in [0.4, 0.5) is 0 Å². The van der Waals surface area contributed by atoms with Crippen LogP contribution < -0.4 is 5.32 Å². The molecule has 0 saturated carbocycles. The average Bonchev–Trinajstić information content (AvgIpc) is 2.74. The Labute approximate surface area is 103 Å². The van der Waals surface area contributed by atoms with Crippen molar-refractivity contribution in [3.8, 4) is 0 Å². The largest absolute Gasteiger partial charge is 0.390 e. The van der Waals surface area contributed by atoms with E-state index in [1.54, 1.807) is 0 Å². The Morgan fingerprint density at radius 1 is 1.35 bits per heavy atom. The first-order chi connectivity index (χ1) is 8.25. The number of aliphatic hydroxyl groups excluding tert-OH is 1. The molecule has 2 N–H and O–H groups in total. The van der Waals surface area contributed by atoms with Gasteiger partial charge in [0.25, 0.3) is 0 Å². The normalized spacial score (nSPS) is 32.8. The van der Waals surface area contributed by atoms with Crippen LogP contribution in [0.25, 0.3) is 0 Å². The predicted octanol–water partition coefficient (Wildman–Crippen LogP) is -0.553. The molecule has 0 amide bonds. The molecule has 0 spiro atoms. The molecule has 0 aromatic rings. The van der Waals surface area contributed by atoms with Gasteiger partial charge in [-0.2, -0.15) is 0 Å². The van der Waals surface area contributed by atoms with Gasteiger partial charge < -0.3 is 19.9 Å². The van der Waals surface area contributed by atoms with E-state index in [-0.39, 0.29) is 12.2 Å². The lowest BCUT2D eigenvalue weighted by Crippen LogP contribution is -2.46. The number of nitrogens with one attached hydrogen (secondary N) is 1. The zero-order valence-electron chi connectivity index (χ0n) is 10.6. The van der Waals surface area contributed by atoms with Crippen molar-refractivity contribution in [2.24, 2.45) is 0 Å². The molecule has 5 nitrogen and oxygen atoms in total. The zero-order chi connectivity index (χ0) is 12.1. The van der Waals surface area contributed by atoms with Crippen molar-refractivity contribution in [1.82, 2.24) is 10.2 Å². The van der Waals surface area contributed by atoms with Crippen molar-refractivity contribution in [3.63, 3.8) is 0 Å².